The molecular formula is C16H11Cl3N2O. The first-order valence-electron chi connectivity index (χ1n) is 6.53. The van der Waals surface area contributed by atoms with Crippen molar-refractivity contribution in [1.29, 1.82) is 0 Å². The molecule has 0 fully saturated rings. The summed E-state index contributed by atoms with van der Waals surface area (Å²) >= 11 is 17.7. The zero-order valence-corrected chi connectivity index (χ0v) is 13.6. The van der Waals surface area contributed by atoms with Gasteiger partial charge in [-0.15, -0.1) is 0 Å². The topological polar surface area (TPSA) is 44.9 Å². The molecule has 1 amide bonds. The van der Waals surface area contributed by atoms with Gasteiger partial charge in [-0.2, -0.15) is 0 Å². The lowest BCUT2D eigenvalue weighted by molar-refractivity contribution is -0.115. The maximum absolute atomic E-state index is 12.2. The molecule has 0 aliphatic rings. The van der Waals surface area contributed by atoms with E-state index < -0.39 is 0 Å². The van der Waals surface area contributed by atoms with E-state index in [1.54, 1.807) is 24.3 Å². The van der Waals surface area contributed by atoms with Gasteiger partial charge in [0.1, 0.15) is 0 Å². The highest BCUT2D eigenvalue weighted by atomic mass is 35.5. The second-order valence-corrected chi connectivity index (χ2v) is 6.11. The summed E-state index contributed by atoms with van der Waals surface area (Å²) < 4.78 is 0. The maximum atomic E-state index is 12.2. The third-order valence-electron chi connectivity index (χ3n) is 3.28. The SMILES string of the molecule is O=C(Cc1c[nH]c2cc(Cl)ccc12)Nc1ccc(Cl)c(Cl)c1. The largest absolute Gasteiger partial charge is 0.361 e. The van der Waals surface area contributed by atoms with Gasteiger partial charge in [-0.1, -0.05) is 40.9 Å². The quantitative estimate of drug-likeness (QED) is 0.658. The Kier molecular flexibility index (Phi) is 4.30. The smallest absolute Gasteiger partial charge is 0.228 e. The number of carbonyl (C=O) groups is 1. The Morgan fingerprint density at radius 3 is 2.64 bits per heavy atom. The van der Waals surface area contributed by atoms with Crippen LogP contribution in [0.3, 0.4) is 0 Å². The second kappa shape index (κ2) is 6.21. The summed E-state index contributed by atoms with van der Waals surface area (Å²) in [6, 6.07) is 10.5. The van der Waals surface area contributed by atoms with Gasteiger partial charge in [-0.25, -0.2) is 0 Å². The highest BCUT2D eigenvalue weighted by Gasteiger charge is 2.10. The van der Waals surface area contributed by atoms with E-state index in [-0.39, 0.29) is 12.3 Å². The summed E-state index contributed by atoms with van der Waals surface area (Å²) in [6.45, 7) is 0. The number of aromatic amines is 1. The van der Waals surface area contributed by atoms with Crippen LogP contribution in [0.5, 0.6) is 0 Å². The van der Waals surface area contributed by atoms with Crippen molar-refractivity contribution in [2.75, 3.05) is 5.32 Å². The highest BCUT2D eigenvalue weighted by molar-refractivity contribution is 6.42. The normalized spacial score (nSPS) is 10.9. The van der Waals surface area contributed by atoms with Gasteiger partial charge in [0.05, 0.1) is 16.5 Å². The van der Waals surface area contributed by atoms with Crippen molar-refractivity contribution in [2.45, 2.75) is 6.42 Å². The van der Waals surface area contributed by atoms with Crippen LogP contribution in [0.4, 0.5) is 5.69 Å². The van der Waals surface area contributed by atoms with Gasteiger partial charge in [0.25, 0.3) is 0 Å². The first-order valence-corrected chi connectivity index (χ1v) is 7.67. The van der Waals surface area contributed by atoms with E-state index in [1.165, 1.54) is 0 Å². The van der Waals surface area contributed by atoms with E-state index in [1.807, 2.05) is 18.3 Å². The number of carbonyl (C=O) groups excluding carboxylic acids is 1. The van der Waals surface area contributed by atoms with E-state index in [0.717, 1.165) is 16.5 Å². The van der Waals surface area contributed by atoms with Gasteiger partial charge < -0.3 is 10.3 Å². The Balaban J connectivity index is 1.76. The number of nitrogens with one attached hydrogen (secondary N) is 2. The first kappa shape index (κ1) is 15.2. The van der Waals surface area contributed by atoms with Crippen LogP contribution in [0.2, 0.25) is 15.1 Å². The van der Waals surface area contributed by atoms with Crippen molar-refractivity contribution in [3.05, 3.63) is 63.2 Å². The number of hydrogen-bond donors (Lipinski definition) is 2. The van der Waals surface area contributed by atoms with Gasteiger partial charge in [0.2, 0.25) is 5.91 Å². The van der Waals surface area contributed by atoms with E-state index in [2.05, 4.69) is 10.3 Å². The van der Waals surface area contributed by atoms with Crippen LogP contribution in [-0.2, 0) is 11.2 Å². The third kappa shape index (κ3) is 3.22. The molecule has 0 aliphatic heterocycles. The molecule has 2 aromatic carbocycles. The fourth-order valence-corrected chi connectivity index (χ4v) is 2.73. The fourth-order valence-electron chi connectivity index (χ4n) is 2.26. The molecule has 3 rings (SSSR count). The predicted octanol–water partition coefficient (Wildman–Crippen LogP) is 5.31. The van der Waals surface area contributed by atoms with Crippen molar-refractivity contribution < 1.29 is 4.79 Å². The van der Waals surface area contributed by atoms with E-state index >= 15 is 0 Å². The molecule has 0 unspecified atom stereocenters. The molecule has 22 heavy (non-hydrogen) atoms. The first-order chi connectivity index (χ1) is 10.5. The summed E-state index contributed by atoms with van der Waals surface area (Å²) in [5.74, 6) is -0.130. The summed E-state index contributed by atoms with van der Waals surface area (Å²) in [5, 5.41) is 5.29. The molecule has 2 N–H and O–H groups in total. The summed E-state index contributed by atoms with van der Waals surface area (Å²) in [7, 11) is 0. The molecule has 3 nitrogen and oxygen atoms in total. The number of halogens is 3. The molecule has 0 saturated heterocycles. The Labute approximate surface area is 142 Å². The van der Waals surface area contributed by atoms with Crippen LogP contribution in [0.15, 0.2) is 42.6 Å². The number of benzene rings is 2. The zero-order chi connectivity index (χ0) is 15.7. The van der Waals surface area contributed by atoms with E-state index in [0.29, 0.717) is 20.8 Å². The lowest BCUT2D eigenvalue weighted by Crippen LogP contribution is -2.14. The molecule has 3 aromatic rings. The van der Waals surface area contributed by atoms with Crippen LogP contribution in [0, 0.1) is 0 Å². The molecule has 112 valence electrons. The minimum atomic E-state index is -0.130. The zero-order valence-electron chi connectivity index (χ0n) is 11.3. The van der Waals surface area contributed by atoms with Crippen LogP contribution in [0.1, 0.15) is 5.56 Å². The molecule has 6 heteroatoms. The fraction of sp³-hybridized carbons (Fsp3) is 0.0625. The van der Waals surface area contributed by atoms with Gasteiger partial charge in [-0.3, -0.25) is 4.79 Å². The lowest BCUT2D eigenvalue weighted by atomic mass is 10.1. The molecule has 0 atom stereocenters. The van der Waals surface area contributed by atoms with Gasteiger partial charge in [-0.05, 0) is 35.9 Å². The minimum absolute atomic E-state index is 0.130. The van der Waals surface area contributed by atoms with Crippen molar-refractivity contribution in [1.82, 2.24) is 4.98 Å². The Morgan fingerprint density at radius 2 is 1.86 bits per heavy atom. The lowest BCUT2D eigenvalue weighted by Gasteiger charge is -2.06. The molecular weight excluding hydrogens is 343 g/mol. The van der Waals surface area contributed by atoms with Crippen molar-refractivity contribution in [2.24, 2.45) is 0 Å². The average Bonchev–Trinajstić information content (AvgIpc) is 2.85. The number of rotatable bonds is 3. The van der Waals surface area contributed by atoms with Crippen LogP contribution < -0.4 is 5.32 Å². The monoisotopic (exact) mass is 352 g/mol. The molecule has 0 saturated carbocycles. The number of fused-ring (bicyclic) bond motifs is 1. The molecule has 1 aromatic heterocycles. The van der Waals surface area contributed by atoms with Crippen LogP contribution in [-0.4, -0.2) is 10.9 Å². The Bertz CT molecular complexity index is 858. The minimum Gasteiger partial charge on any atom is -0.361 e. The maximum Gasteiger partial charge on any atom is 0.228 e. The third-order valence-corrected chi connectivity index (χ3v) is 4.26. The van der Waals surface area contributed by atoms with Crippen molar-refractivity contribution in [3.8, 4) is 0 Å². The molecule has 0 spiro atoms. The molecule has 0 bridgehead atoms. The van der Waals surface area contributed by atoms with Crippen LogP contribution >= 0.6 is 34.8 Å². The van der Waals surface area contributed by atoms with Crippen molar-refractivity contribution in [3.63, 3.8) is 0 Å². The number of amides is 1. The number of aromatic nitrogens is 1. The van der Waals surface area contributed by atoms with E-state index in [9.17, 15) is 4.79 Å². The number of hydrogen-bond acceptors (Lipinski definition) is 1. The van der Waals surface area contributed by atoms with E-state index in [4.69, 9.17) is 34.8 Å². The van der Waals surface area contributed by atoms with Gasteiger partial charge in [0, 0.05) is 27.8 Å². The summed E-state index contributed by atoms with van der Waals surface area (Å²) in [4.78, 5) is 15.3. The van der Waals surface area contributed by atoms with Crippen molar-refractivity contribution >= 4 is 57.3 Å². The van der Waals surface area contributed by atoms with Gasteiger partial charge >= 0.3 is 0 Å². The number of anilines is 1. The highest BCUT2D eigenvalue weighted by Crippen LogP contribution is 2.26. The Hall–Kier alpha value is -1.68. The molecule has 0 radical (unpaired) electrons. The molecule has 0 aliphatic carbocycles. The van der Waals surface area contributed by atoms with Crippen LogP contribution in [0.25, 0.3) is 10.9 Å². The predicted molar refractivity (Wildman–Crippen MR) is 92.1 cm³/mol. The summed E-state index contributed by atoms with van der Waals surface area (Å²) in [5.41, 5.74) is 2.43. The second-order valence-electron chi connectivity index (χ2n) is 4.86. The molecule has 1 heterocycles. The number of H-pyrrole nitrogens is 1. The average molecular weight is 354 g/mol. The standard InChI is InChI=1S/C16H11Cl3N2O/c17-10-1-3-12-9(8-20-15(12)6-10)5-16(22)21-11-2-4-13(18)14(19)7-11/h1-4,6-8,20H,5H2,(H,21,22). The van der Waals surface area contributed by atoms with Gasteiger partial charge in [0.15, 0.2) is 0 Å². The Morgan fingerprint density at radius 1 is 1.05 bits per heavy atom. The summed E-state index contributed by atoms with van der Waals surface area (Å²) in [6.07, 6.45) is 2.07.